The largest absolute Gasteiger partial charge is 0.363 e. The van der Waals surface area contributed by atoms with Crippen LogP contribution in [0.1, 0.15) is 48.3 Å². The third kappa shape index (κ3) is 4.75. The fraction of sp³-hybridized carbons (Fsp3) is 0.391. The molecule has 0 aliphatic carbocycles. The van der Waals surface area contributed by atoms with Gasteiger partial charge in [-0.05, 0) is 37.5 Å². The molecule has 2 aromatic rings. The van der Waals surface area contributed by atoms with Gasteiger partial charge in [-0.3, -0.25) is 4.78 Å². The van der Waals surface area contributed by atoms with Gasteiger partial charge < -0.3 is 10.2 Å². The molecule has 2 atom stereocenters. The van der Waals surface area contributed by atoms with E-state index < -0.39 is 33.6 Å². The van der Waals surface area contributed by atoms with Crippen molar-refractivity contribution in [2.24, 2.45) is 0 Å². The fourth-order valence-corrected chi connectivity index (χ4v) is 5.37. The summed E-state index contributed by atoms with van der Waals surface area (Å²) in [5, 5.41) is 3.19. The van der Waals surface area contributed by atoms with Gasteiger partial charge in [0.15, 0.2) is 0 Å². The zero-order valence-corrected chi connectivity index (χ0v) is 19.5. The lowest BCUT2D eigenvalue weighted by Gasteiger charge is -2.30. The number of halogens is 3. The molecule has 4 rings (SSSR count). The monoisotopic (exact) mass is 477 g/mol. The van der Waals surface area contributed by atoms with Crippen LogP contribution >= 0.6 is 0 Å². The highest BCUT2D eigenvalue weighted by Crippen LogP contribution is 2.36. The van der Waals surface area contributed by atoms with E-state index in [1.165, 1.54) is 12.1 Å². The quantitative estimate of drug-likeness (QED) is 0.615. The van der Waals surface area contributed by atoms with Crippen LogP contribution in [0.15, 0.2) is 35.4 Å². The molecule has 0 saturated heterocycles. The molecule has 10 heteroatoms. The standard InChI is InChI=1S/C23H26F3N5OS/c1-13(17-5-4-6-18(20(17)24)21(25)26)28-22-19-11-16(15-7-9-33(27,32)10-8-15)12-31(3)23(19)30-14(2)29-22/h4-7,11,13,21,27H,8-10,12H2,1-3H3,(H,28,29,30)/t13-,33?/m1/s1. The molecule has 0 amide bonds. The van der Waals surface area contributed by atoms with Crippen molar-refractivity contribution in [1.29, 1.82) is 4.78 Å². The molecule has 33 heavy (non-hydrogen) atoms. The van der Waals surface area contributed by atoms with Gasteiger partial charge in [-0.25, -0.2) is 27.3 Å². The van der Waals surface area contributed by atoms with Crippen LogP contribution in [0.2, 0.25) is 0 Å². The first kappa shape index (κ1) is 23.3. The molecular formula is C23H26F3N5OS. The van der Waals surface area contributed by atoms with E-state index >= 15 is 0 Å². The first-order valence-corrected chi connectivity index (χ1v) is 12.5. The van der Waals surface area contributed by atoms with Crippen LogP contribution in [0.4, 0.5) is 24.8 Å². The van der Waals surface area contributed by atoms with Crippen molar-refractivity contribution in [1.82, 2.24) is 9.97 Å². The van der Waals surface area contributed by atoms with E-state index in [0.717, 1.165) is 22.8 Å². The molecule has 176 valence electrons. The summed E-state index contributed by atoms with van der Waals surface area (Å²) < 4.78 is 60.9. The molecule has 2 aliphatic rings. The average molecular weight is 478 g/mol. The van der Waals surface area contributed by atoms with Gasteiger partial charge in [0.2, 0.25) is 0 Å². The average Bonchev–Trinajstić information content (AvgIpc) is 2.74. The Morgan fingerprint density at radius 1 is 1.21 bits per heavy atom. The Bertz CT molecular complexity index is 1260. The van der Waals surface area contributed by atoms with Crippen LogP contribution in [0.5, 0.6) is 0 Å². The van der Waals surface area contributed by atoms with Crippen LogP contribution in [-0.4, -0.2) is 39.3 Å². The number of hydrogen-bond donors (Lipinski definition) is 2. The lowest BCUT2D eigenvalue weighted by atomic mass is 9.97. The molecule has 1 aromatic heterocycles. The van der Waals surface area contributed by atoms with Gasteiger partial charge in [0.25, 0.3) is 6.43 Å². The summed E-state index contributed by atoms with van der Waals surface area (Å²) in [5.41, 5.74) is 2.30. The minimum Gasteiger partial charge on any atom is -0.363 e. The molecule has 2 aliphatic heterocycles. The smallest absolute Gasteiger partial charge is 0.266 e. The van der Waals surface area contributed by atoms with E-state index in [4.69, 9.17) is 4.78 Å². The van der Waals surface area contributed by atoms with Crippen molar-refractivity contribution in [3.05, 3.63) is 63.8 Å². The summed E-state index contributed by atoms with van der Waals surface area (Å²) in [6.45, 7) is 4.06. The molecular weight excluding hydrogens is 451 g/mol. The number of hydrogen-bond acceptors (Lipinski definition) is 6. The fourth-order valence-electron chi connectivity index (χ4n) is 4.19. The van der Waals surface area contributed by atoms with Gasteiger partial charge in [0.05, 0.1) is 22.9 Å². The highest BCUT2D eigenvalue weighted by molar-refractivity contribution is 7.92. The lowest BCUT2D eigenvalue weighted by molar-refractivity contribution is 0.146. The minimum absolute atomic E-state index is 0.131. The van der Waals surface area contributed by atoms with Crippen LogP contribution in [0.25, 0.3) is 6.08 Å². The molecule has 2 N–H and O–H groups in total. The number of anilines is 2. The van der Waals surface area contributed by atoms with Gasteiger partial charge in [-0.1, -0.05) is 24.3 Å². The van der Waals surface area contributed by atoms with Crippen LogP contribution < -0.4 is 10.2 Å². The van der Waals surface area contributed by atoms with Crippen molar-refractivity contribution in [2.75, 3.05) is 35.3 Å². The van der Waals surface area contributed by atoms with E-state index in [2.05, 4.69) is 15.3 Å². The van der Waals surface area contributed by atoms with Gasteiger partial charge >= 0.3 is 0 Å². The molecule has 1 aromatic carbocycles. The summed E-state index contributed by atoms with van der Waals surface area (Å²) in [6, 6.07) is 3.37. The number of likely N-dealkylation sites (N-methyl/N-ethyl adjacent to an activating group) is 1. The Morgan fingerprint density at radius 2 is 1.94 bits per heavy atom. The predicted octanol–water partition coefficient (Wildman–Crippen LogP) is 5.24. The maximum Gasteiger partial charge on any atom is 0.266 e. The number of nitrogens with zero attached hydrogens (tertiary/aromatic N) is 3. The van der Waals surface area contributed by atoms with Crippen molar-refractivity contribution in [3.63, 3.8) is 0 Å². The van der Waals surface area contributed by atoms with Crippen LogP contribution in [-0.2, 0) is 9.73 Å². The van der Waals surface area contributed by atoms with Gasteiger partial charge in [-0.15, -0.1) is 0 Å². The Kier molecular flexibility index (Phi) is 6.22. The topological polar surface area (TPSA) is 82.0 Å². The number of alkyl halides is 2. The second-order valence-corrected chi connectivity index (χ2v) is 10.8. The van der Waals surface area contributed by atoms with Gasteiger partial charge in [0.1, 0.15) is 23.3 Å². The second-order valence-electron chi connectivity index (χ2n) is 8.46. The number of fused-ring (bicyclic) bond motifs is 1. The third-order valence-corrected chi connectivity index (χ3v) is 7.52. The maximum absolute atomic E-state index is 14.7. The van der Waals surface area contributed by atoms with Gasteiger partial charge in [-0.2, -0.15) is 0 Å². The highest BCUT2D eigenvalue weighted by Gasteiger charge is 2.26. The zero-order valence-electron chi connectivity index (χ0n) is 18.7. The van der Waals surface area contributed by atoms with E-state index in [0.29, 0.717) is 36.2 Å². The molecule has 0 fully saturated rings. The number of nitrogens with one attached hydrogen (secondary N) is 2. The predicted molar refractivity (Wildman–Crippen MR) is 125 cm³/mol. The normalized spacial score (nSPS) is 21.4. The Balaban J connectivity index is 1.72. The van der Waals surface area contributed by atoms with E-state index in [1.807, 2.05) is 24.1 Å². The Labute approximate surface area is 191 Å². The number of benzene rings is 1. The SMILES string of the molecule is Cc1nc(N[C@H](C)c2cccc(C(F)F)c2F)c2c(n1)N(C)CC(C1=CCS(=N)(=O)CC1)=C2. The molecule has 1 unspecified atom stereocenters. The van der Waals surface area contributed by atoms with Crippen LogP contribution in [0.3, 0.4) is 0 Å². The third-order valence-electron chi connectivity index (χ3n) is 5.95. The van der Waals surface area contributed by atoms with E-state index in [-0.39, 0.29) is 11.3 Å². The summed E-state index contributed by atoms with van der Waals surface area (Å²) in [5.74, 6) is 1.37. The van der Waals surface area contributed by atoms with Crippen molar-refractivity contribution in [3.8, 4) is 0 Å². The van der Waals surface area contributed by atoms with Crippen LogP contribution in [0, 0.1) is 17.5 Å². The molecule has 3 heterocycles. The number of rotatable bonds is 5. The highest BCUT2D eigenvalue weighted by atomic mass is 32.2. The zero-order chi connectivity index (χ0) is 23.9. The van der Waals surface area contributed by atoms with Crippen molar-refractivity contribution < 1.29 is 17.4 Å². The van der Waals surface area contributed by atoms with Crippen molar-refractivity contribution >= 4 is 27.4 Å². The number of aryl methyl sites for hydroxylation is 1. The summed E-state index contributed by atoms with van der Waals surface area (Å²) in [6.07, 6.45) is 1.51. The molecule has 0 bridgehead atoms. The Hall–Kier alpha value is -2.88. The van der Waals surface area contributed by atoms with E-state index in [9.17, 15) is 17.4 Å². The Morgan fingerprint density at radius 3 is 2.61 bits per heavy atom. The second kappa shape index (κ2) is 8.81. The molecule has 0 radical (unpaired) electrons. The molecule has 0 saturated carbocycles. The lowest BCUT2D eigenvalue weighted by Crippen LogP contribution is -2.28. The van der Waals surface area contributed by atoms with E-state index in [1.54, 1.807) is 13.8 Å². The molecule has 0 spiro atoms. The summed E-state index contributed by atoms with van der Waals surface area (Å²) >= 11 is 0. The summed E-state index contributed by atoms with van der Waals surface area (Å²) in [4.78, 5) is 11.1. The van der Waals surface area contributed by atoms with Crippen molar-refractivity contribution in [2.45, 2.75) is 32.7 Å². The number of aromatic nitrogens is 2. The summed E-state index contributed by atoms with van der Waals surface area (Å²) in [7, 11) is -0.635. The minimum atomic E-state index is -2.90. The first-order chi connectivity index (χ1) is 15.6. The first-order valence-electron chi connectivity index (χ1n) is 10.6. The molecule has 6 nitrogen and oxygen atoms in total. The van der Waals surface area contributed by atoms with Gasteiger partial charge in [0, 0.05) is 34.6 Å². The maximum atomic E-state index is 14.7.